The highest BCUT2D eigenvalue weighted by molar-refractivity contribution is 4.45. The molecule has 2 N–H and O–H groups in total. The second kappa shape index (κ2) is 18.8. The first kappa shape index (κ1) is 19.8. The summed E-state index contributed by atoms with van der Waals surface area (Å²) in [5.74, 6) is 0. The summed E-state index contributed by atoms with van der Waals surface area (Å²) in [5.41, 5.74) is 0. The standard InChI is InChI=1S/C14H31NO5/c1-2-3-7-17-11-13-20-14-12-19-9-5-15-4-8-18-10-6-16/h15-16H,2-14H2,1H3. The minimum Gasteiger partial charge on any atom is -0.394 e. The molecular formula is C14H31NO5. The van der Waals surface area contributed by atoms with E-state index < -0.39 is 0 Å². The maximum absolute atomic E-state index is 8.50. The van der Waals surface area contributed by atoms with Crippen molar-refractivity contribution in [3.05, 3.63) is 0 Å². The molecule has 0 spiro atoms. The van der Waals surface area contributed by atoms with E-state index in [1.165, 1.54) is 0 Å². The van der Waals surface area contributed by atoms with Crippen molar-refractivity contribution in [3.8, 4) is 0 Å². The predicted octanol–water partition coefficient (Wildman–Crippen LogP) is 0.435. The molecule has 0 rings (SSSR count). The Morgan fingerprint density at radius 3 is 1.75 bits per heavy atom. The minimum atomic E-state index is 0.0761. The van der Waals surface area contributed by atoms with E-state index in [-0.39, 0.29) is 6.61 Å². The Balaban J connectivity index is 2.89. The van der Waals surface area contributed by atoms with E-state index >= 15 is 0 Å². The quantitative estimate of drug-likeness (QED) is 0.379. The van der Waals surface area contributed by atoms with E-state index in [0.717, 1.165) is 32.5 Å². The number of aliphatic hydroxyl groups is 1. The number of ether oxygens (including phenoxy) is 4. The van der Waals surface area contributed by atoms with Crippen LogP contribution in [0.5, 0.6) is 0 Å². The monoisotopic (exact) mass is 293 g/mol. The molecule has 0 aromatic rings. The van der Waals surface area contributed by atoms with Crippen molar-refractivity contribution in [2.75, 3.05) is 72.6 Å². The zero-order valence-corrected chi connectivity index (χ0v) is 12.8. The highest BCUT2D eigenvalue weighted by Gasteiger charge is 1.92. The van der Waals surface area contributed by atoms with Gasteiger partial charge in [-0.2, -0.15) is 0 Å². The second-order valence-corrected chi connectivity index (χ2v) is 4.28. The van der Waals surface area contributed by atoms with Gasteiger partial charge in [-0.05, 0) is 6.42 Å². The van der Waals surface area contributed by atoms with E-state index in [0.29, 0.717) is 46.2 Å². The Morgan fingerprint density at radius 2 is 1.20 bits per heavy atom. The summed E-state index contributed by atoms with van der Waals surface area (Å²) in [7, 11) is 0. The Morgan fingerprint density at radius 1 is 0.700 bits per heavy atom. The van der Waals surface area contributed by atoms with Gasteiger partial charge in [-0.3, -0.25) is 0 Å². The Labute approximate surface area is 122 Å². The molecule has 20 heavy (non-hydrogen) atoms. The molecule has 0 aromatic heterocycles. The molecule has 0 bridgehead atoms. The molecule has 0 saturated heterocycles. The van der Waals surface area contributed by atoms with E-state index in [2.05, 4.69) is 12.2 Å². The van der Waals surface area contributed by atoms with Crippen molar-refractivity contribution >= 4 is 0 Å². The van der Waals surface area contributed by atoms with Gasteiger partial charge in [0.25, 0.3) is 0 Å². The third kappa shape index (κ3) is 17.8. The van der Waals surface area contributed by atoms with Crippen LogP contribution >= 0.6 is 0 Å². The molecule has 0 aromatic carbocycles. The molecule has 6 nitrogen and oxygen atoms in total. The summed E-state index contributed by atoms with van der Waals surface area (Å²) in [6, 6.07) is 0. The van der Waals surface area contributed by atoms with Gasteiger partial charge in [-0.1, -0.05) is 13.3 Å². The molecule has 0 aliphatic carbocycles. The Hall–Kier alpha value is -0.240. The number of unbranched alkanes of at least 4 members (excludes halogenated alkanes) is 1. The van der Waals surface area contributed by atoms with E-state index in [1.807, 2.05) is 0 Å². The van der Waals surface area contributed by atoms with E-state index in [1.54, 1.807) is 0 Å². The molecule has 0 unspecified atom stereocenters. The lowest BCUT2D eigenvalue weighted by molar-refractivity contribution is 0.0144. The third-order valence-corrected chi connectivity index (χ3v) is 2.47. The first-order valence-corrected chi connectivity index (χ1v) is 7.54. The van der Waals surface area contributed by atoms with Crippen LogP contribution < -0.4 is 5.32 Å². The molecule has 0 heterocycles. The smallest absolute Gasteiger partial charge is 0.0701 e. The van der Waals surface area contributed by atoms with Gasteiger partial charge in [0.15, 0.2) is 0 Å². The first-order chi connectivity index (χ1) is 9.91. The molecule has 0 aliphatic rings. The number of hydrogen-bond acceptors (Lipinski definition) is 6. The Kier molecular flexibility index (Phi) is 18.5. The summed E-state index contributed by atoms with van der Waals surface area (Å²) in [4.78, 5) is 0. The van der Waals surface area contributed by atoms with Gasteiger partial charge in [0.1, 0.15) is 0 Å². The maximum atomic E-state index is 8.50. The van der Waals surface area contributed by atoms with Crippen molar-refractivity contribution in [2.24, 2.45) is 0 Å². The number of hydrogen-bond donors (Lipinski definition) is 2. The topological polar surface area (TPSA) is 69.2 Å². The average Bonchev–Trinajstić information content (AvgIpc) is 2.47. The predicted molar refractivity (Wildman–Crippen MR) is 78.1 cm³/mol. The van der Waals surface area contributed by atoms with Crippen LogP contribution in [0, 0.1) is 0 Å². The molecular weight excluding hydrogens is 262 g/mol. The summed E-state index contributed by atoms with van der Waals surface area (Å²) >= 11 is 0. The lowest BCUT2D eigenvalue weighted by Crippen LogP contribution is -2.25. The van der Waals surface area contributed by atoms with Crippen molar-refractivity contribution in [1.29, 1.82) is 0 Å². The van der Waals surface area contributed by atoms with Crippen molar-refractivity contribution in [2.45, 2.75) is 19.8 Å². The lowest BCUT2D eigenvalue weighted by Gasteiger charge is -2.07. The molecule has 0 atom stereocenters. The molecule has 0 radical (unpaired) electrons. The summed E-state index contributed by atoms with van der Waals surface area (Å²) in [6.07, 6.45) is 2.28. The van der Waals surface area contributed by atoms with E-state index in [4.69, 9.17) is 24.1 Å². The van der Waals surface area contributed by atoms with Gasteiger partial charge in [-0.15, -0.1) is 0 Å². The van der Waals surface area contributed by atoms with Gasteiger partial charge >= 0.3 is 0 Å². The highest BCUT2D eigenvalue weighted by atomic mass is 16.5. The van der Waals surface area contributed by atoms with Crippen LogP contribution in [0.4, 0.5) is 0 Å². The Bertz CT molecular complexity index is 154. The number of aliphatic hydroxyl groups excluding tert-OH is 1. The summed E-state index contributed by atoms with van der Waals surface area (Å²) in [6.45, 7) is 8.80. The van der Waals surface area contributed by atoms with Crippen molar-refractivity contribution in [1.82, 2.24) is 5.32 Å². The molecule has 0 amide bonds. The number of rotatable bonds is 17. The normalized spacial score (nSPS) is 11.1. The van der Waals surface area contributed by atoms with Crippen LogP contribution in [0.2, 0.25) is 0 Å². The molecule has 0 aliphatic heterocycles. The second-order valence-electron chi connectivity index (χ2n) is 4.28. The van der Waals surface area contributed by atoms with Crippen molar-refractivity contribution in [3.63, 3.8) is 0 Å². The highest BCUT2D eigenvalue weighted by Crippen LogP contribution is 1.87. The van der Waals surface area contributed by atoms with Crippen LogP contribution in [-0.4, -0.2) is 77.7 Å². The van der Waals surface area contributed by atoms with Gasteiger partial charge in [0.05, 0.1) is 52.9 Å². The van der Waals surface area contributed by atoms with E-state index in [9.17, 15) is 0 Å². The van der Waals surface area contributed by atoms with Crippen molar-refractivity contribution < 1.29 is 24.1 Å². The minimum absolute atomic E-state index is 0.0761. The van der Waals surface area contributed by atoms with Crippen LogP contribution in [0.1, 0.15) is 19.8 Å². The average molecular weight is 293 g/mol. The maximum Gasteiger partial charge on any atom is 0.0701 e. The molecule has 0 fully saturated rings. The van der Waals surface area contributed by atoms with Crippen LogP contribution in [-0.2, 0) is 18.9 Å². The van der Waals surface area contributed by atoms with Gasteiger partial charge in [0, 0.05) is 19.7 Å². The fraction of sp³-hybridized carbons (Fsp3) is 1.00. The van der Waals surface area contributed by atoms with Gasteiger partial charge < -0.3 is 29.4 Å². The zero-order valence-electron chi connectivity index (χ0n) is 12.8. The molecule has 6 heteroatoms. The van der Waals surface area contributed by atoms with Gasteiger partial charge in [0.2, 0.25) is 0 Å². The van der Waals surface area contributed by atoms with Crippen LogP contribution in [0.25, 0.3) is 0 Å². The van der Waals surface area contributed by atoms with Crippen LogP contribution in [0.3, 0.4) is 0 Å². The lowest BCUT2D eigenvalue weighted by atomic mass is 10.4. The number of nitrogens with one attached hydrogen (secondary N) is 1. The fourth-order valence-electron chi connectivity index (χ4n) is 1.37. The summed E-state index contributed by atoms with van der Waals surface area (Å²) in [5, 5.41) is 11.7. The fourth-order valence-corrected chi connectivity index (χ4v) is 1.37. The zero-order chi connectivity index (χ0) is 14.7. The first-order valence-electron chi connectivity index (χ1n) is 7.54. The van der Waals surface area contributed by atoms with Gasteiger partial charge in [-0.25, -0.2) is 0 Å². The summed E-state index contributed by atoms with van der Waals surface area (Å²) < 4.78 is 21.2. The largest absolute Gasteiger partial charge is 0.394 e. The molecule has 0 saturated carbocycles. The SMILES string of the molecule is CCCCOCCOCCOCCNCCOCCO. The molecule has 122 valence electrons. The van der Waals surface area contributed by atoms with Crippen LogP contribution in [0.15, 0.2) is 0 Å². The third-order valence-electron chi connectivity index (χ3n) is 2.47.